The van der Waals surface area contributed by atoms with Gasteiger partial charge in [-0.15, -0.1) is 0 Å². The Hall–Kier alpha value is 0.0649. The van der Waals surface area contributed by atoms with E-state index < -0.39 is 32.0 Å². The first-order valence-corrected chi connectivity index (χ1v) is 6.35. The fourth-order valence-corrected chi connectivity index (χ4v) is 2.09. The molecule has 1 saturated heterocycles. The van der Waals surface area contributed by atoms with E-state index in [4.69, 9.17) is 17.3 Å². The summed E-state index contributed by atoms with van der Waals surface area (Å²) in [6, 6.07) is -1.18. The van der Waals surface area contributed by atoms with Crippen molar-refractivity contribution in [1.29, 1.82) is 0 Å². The van der Waals surface area contributed by atoms with Crippen LogP contribution in [-0.4, -0.2) is 52.6 Å². The van der Waals surface area contributed by atoms with Gasteiger partial charge in [-0.2, -0.15) is 0 Å². The summed E-state index contributed by atoms with van der Waals surface area (Å²) < 4.78 is 38.6. The van der Waals surface area contributed by atoms with E-state index in [-0.39, 0.29) is 6.61 Å². The lowest BCUT2D eigenvalue weighted by atomic mass is 9.94. The number of halogens is 1. The van der Waals surface area contributed by atoms with Gasteiger partial charge in [-0.25, -0.2) is 4.39 Å². The van der Waals surface area contributed by atoms with Gasteiger partial charge in [0.15, 0.2) is 0 Å². The van der Waals surface area contributed by atoms with Crippen molar-refractivity contribution in [3.63, 3.8) is 0 Å². The van der Waals surface area contributed by atoms with Gasteiger partial charge in [0, 0.05) is 13.8 Å². The summed E-state index contributed by atoms with van der Waals surface area (Å²) >= 11 is 0. The Balaban J connectivity index is 2.68. The van der Waals surface area contributed by atoms with E-state index >= 15 is 0 Å². The summed E-state index contributed by atoms with van der Waals surface area (Å²) in [5.74, 6) is 0. The molecule has 0 spiro atoms. The van der Waals surface area contributed by atoms with Crippen LogP contribution in [0, 0.1) is 0 Å². The molecule has 0 saturated carbocycles. The molecule has 86 valence electrons. The van der Waals surface area contributed by atoms with Crippen LogP contribution < -0.4 is 4.89 Å². The first-order valence-electron chi connectivity index (χ1n) is 4.36. The van der Waals surface area contributed by atoms with E-state index in [2.05, 4.69) is 4.52 Å². The highest BCUT2D eigenvalue weighted by Crippen LogP contribution is 2.39. The van der Waals surface area contributed by atoms with Gasteiger partial charge in [-0.05, 0) is 0 Å². The van der Waals surface area contributed by atoms with Crippen LogP contribution in [0.2, 0.25) is 0 Å². The molecule has 0 aromatic carbocycles. The smallest absolute Gasteiger partial charge is 0.147 e. The van der Waals surface area contributed by atoms with Crippen molar-refractivity contribution in [3.8, 4) is 0 Å². The van der Waals surface area contributed by atoms with E-state index in [1.807, 2.05) is 0 Å². The standard InChI is InChI=1S/C7H13BFO5P/c1-12-3-4-6(14-15(2,10)11)5(9)7(8)13-4/h4-7H,3H2,1-2H3,(H,10,11)/p-1/t4-,5+,6?,7?/m0/s1. The highest BCUT2D eigenvalue weighted by Gasteiger charge is 2.44. The zero-order valence-electron chi connectivity index (χ0n) is 8.46. The van der Waals surface area contributed by atoms with E-state index in [0.717, 1.165) is 6.66 Å². The van der Waals surface area contributed by atoms with Gasteiger partial charge in [-0.1, -0.05) is 0 Å². The predicted octanol–water partition coefficient (Wildman–Crippen LogP) is -0.567. The third-order valence-corrected chi connectivity index (χ3v) is 2.60. The fraction of sp³-hybridized carbons (Fsp3) is 1.00. The summed E-state index contributed by atoms with van der Waals surface area (Å²) in [6.45, 7) is 0.895. The molecule has 0 aromatic rings. The molecule has 15 heavy (non-hydrogen) atoms. The zero-order chi connectivity index (χ0) is 11.6. The van der Waals surface area contributed by atoms with E-state index in [1.54, 1.807) is 0 Å². The van der Waals surface area contributed by atoms with E-state index in [1.165, 1.54) is 7.11 Å². The summed E-state index contributed by atoms with van der Waals surface area (Å²) in [5.41, 5.74) is 0. The topological polar surface area (TPSA) is 67.8 Å². The SMILES string of the molecule is [B]C1O[C@@H](COC)C(OP(C)(=O)[O-])[C@H]1F. The summed E-state index contributed by atoms with van der Waals surface area (Å²) in [5, 5.41) is 0. The average Bonchev–Trinajstić information content (AvgIpc) is 2.32. The number of rotatable bonds is 4. The van der Waals surface area contributed by atoms with Crippen LogP contribution in [0.1, 0.15) is 0 Å². The molecule has 0 amide bonds. The second-order valence-corrected chi connectivity index (χ2v) is 5.13. The average molecular weight is 237 g/mol. The second-order valence-electron chi connectivity index (χ2n) is 3.38. The van der Waals surface area contributed by atoms with Crippen LogP contribution in [0.25, 0.3) is 0 Å². The summed E-state index contributed by atoms with van der Waals surface area (Å²) in [4.78, 5) is 10.9. The van der Waals surface area contributed by atoms with Crippen LogP contribution in [-0.2, 0) is 18.6 Å². The molecular weight excluding hydrogens is 225 g/mol. The van der Waals surface area contributed by atoms with Gasteiger partial charge in [0.05, 0.1) is 12.6 Å². The summed E-state index contributed by atoms with van der Waals surface area (Å²) in [7, 11) is 2.65. The molecule has 8 heteroatoms. The van der Waals surface area contributed by atoms with Crippen LogP contribution >= 0.6 is 7.60 Å². The third kappa shape index (κ3) is 3.54. The van der Waals surface area contributed by atoms with Gasteiger partial charge in [0.2, 0.25) is 0 Å². The summed E-state index contributed by atoms with van der Waals surface area (Å²) in [6.07, 6.45) is -3.71. The van der Waals surface area contributed by atoms with Crippen molar-refractivity contribution < 1.29 is 27.8 Å². The molecule has 0 aromatic heterocycles. The molecule has 1 aliphatic heterocycles. The maximum absolute atomic E-state index is 13.4. The first kappa shape index (κ1) is 13.1. The van der Waals surface area contributed by atoms with Gasteiger partial charge in [0.1, 0.15) is 33.8 Å². The fourth-order valence-electron chi connectivity index (χ4n) is 1.39. The molecule has 3 unspecified atom stereocenters. The van der Waals surface area contributed by atoms with Crippen molar-refractivity contribution >= 4 is 15.4 Å². The van der Waals surface area contributed by atoms with Gasteiger partial charge >= 0.3 is 0 Å². The van der Waals surface area contributed by atoms with Crippen LogP contribution in [0.15, 0.2) is 0 Å². The molecule has 0 N–H and O–H groups in total. The van der Waals surface area contributed by atoms with Crippen LogP contribution in [0.4, 0.5) is 4.39 Å². The highest BCUT2D eigenvalue weighted by molar-refractivity contribution is 7.50. The Morgan fingerprint density at radius 1 is 1.67 bits per heavy atom. The molecule has 1 fully saturated rings. The van der Waals surface area contributed by atoms with Crippen molar-refractivity contribution in [2.75, 3.05) is 20.4 Å². The van der Waals surface area contributed by atoms with Crippen LogP contribution in [0.3, 0.4) is 0 Å². The third-order valence-electron chi connectivity index (χ3n) is 1.97. The molecule has 5 nitrogen and oxygen atoms in total. The molecular formula is C7H12BFO5P-. The number of hydrogen-bond donors (Lipinski definition) is 0. The molecule has 1 rings (SSSR count). The monoisotopic (exact) mass is 237 g/mol. The van der Waals surface area contributed by atoms with Gasteiger partial charge in [-0.3, -0.25) is 0 Å². The van der Waals surface area contributed by atoms with E-state index in [9.17, 15) is 13.8 Å². The molecule has 5 atom stereocenters. The maximum Gasteiger partial charge on any atom is 0.147 e. The number of hydrogen-bond acceptors (Lipinski definition) is 5. The normalized spacial score (nSPS) is 40.3. The van der Waals surface area contributed by atoms with Gasteiger partial charge in [0.25, 0.3) is 0 Å². The number of methoxy groups -OCH3 is 1. The lowest BCUT2D eigenvalue weighted by molar-refractivity contribution is -0.203. The van der Waals surface area contributed by atoms with Crippen molar-refractivity contribution in [2.45, 2.75) is 24.4 Å². The van der Waals surface area contributed by atoms with Crippen molar-refractivity contribution in [1.82, 2.24) is 0 Å². The molecule has 1 heterocycles. The maximum atomic E-state index is 13.4. The number of alkyl halides is 1. The lowest BCUT2D eigenvalue weighted by Gasteiger charge is -2.26. The van der Waals surface area contributed by atoms with Crippen LogP contribution in [0.5, 0.6) is 0 Å². The van der Waals surface area contributed by atoms with E-state index in [0.29, 0.717) is 0 Å². The Kier molecular flexibility index (Phi) is 4.32. The largest absolute Gasteiger partial charge is 0.779 e. The second kappa shape index (κ2) is 4.93. The zero-order valence-corrected chi connectivity index (χ0v) is 9.35. The first-order chi connectivity index (χ1) is 6.85. The molecule has 1 aliphatic rings. The Morgan fingerprint density at radius 2 is 2.27 bits per heavy atom. The molecule has 0 aliphatic carbocycles. The Labute approximate surface area is 88.8 Å². The van der Waals surface area contributed by atoms with Gasteiger partial charge < -0.3 is 23.5 Å². The van der Waals surface area contributed by atoms with Crippen molar-refractivity contribution in [3.05, 3.63) is 0 Å². The molecule has 2 radical (unpaired) electrons. The highest BCUT2D eigenvalue weighted by atomic mass is 31.2. The Morgan fingerprint density at radius 3 is 2.73 bits per heavy atom. The molecule has 0 bridgehead atoms. The minimum Gasteiger partial charge on any atom is -0.779 e. The Bertz CT molecular complexity index is 260. The quantitative estimate of drug-likeness (QED) is 0.483. The lowest BCUT2D eigenvalue weighted by Crippen LogP contribution is -2.35. The minimum absolute atomic E-state index is 0.0266. The predicted molar refractivity (Wildman–Crippen MR) is 49.6 cm³/mol. The number of ether oxygens (including phenoxy) is 2. The van der Waals surface area contributed by atoms with Crippen molar-refractivity contribution in [2.24, 2.45) is 0 Å². The minimum atomic E-state index is -4.02.